The Morgan fingerprint density at radius 1 is 1.27 bits per heavy atom. The molecule has 2 amide bonds. The molecule has 4 aliphatic rings. The van der Waals surface area contributed by atoms with E-state index in [9.17, 15) is 14.0 Å². The predicted octanol–water partition coefficient (Wildman–Crippen LogP) is 2.79. The third kappa shape index (κ3) is 4.89. The van der Waals surface area contributed by atoms with E-state index < -0.39 is 5.82 Å². The zero-order valence-electron chi connectivity index (χ0n) is 17.0. The summed E-state index contributed by atoms with van der Waals surface area (Å²) in [7, 11) is 0. The van der Waals surface area contributed by atoms with Crippen molar-refractivity contribution in [2.75, 3.05) is 19.7 Å². The van der Waals surface area contributed by atoms with Gasteiger partial charge in [0.25, 0.3) is 5.91 Å². The molecular weight excluding hydrogens is 409 g/mol. The SMILES string of the molecule is O=C(COc1ccc(Cl)c(F)c1)NC12CC(C1)[C@@H](C(=O)NCCC1CCCCN1)C2. The van der Waals surface area contributed by atoms with Crippen molar-refractivity contribution in [2.45, 2.75) is 56.5 Å². The quantitative estimate of drug-likeness (QED) is 0.584. The summed E-state index contributed by atoms with van der Waals surface area (Å²) in [5.41, 5.74) is -0.302. The van der Waals surface area contributed by atoms with Gasteiger partial charge in [0, 0.05) is 30.1 Å². The lowest BCUT2D eigenvalue weighted by Crippen LogP contribution is -2.53. The van der Waals surface area contributed by atoms with Crippen LogP contribution < -0.4 is 20.7 Å². The second-order valence-electron chi connectivity index (χ2n) is 8.90. The summed E-state index contributed by atoms with van der Waals surface area (Å²) in [6, 6.07) is 4.58. The number of benzene rings is 1. The van der Waals surface area contributed by atoms with Crippen molar-refractivity contribution in [3.05, 3.63) is 29.0 Å². The van der Waals surface area contributed by atoms with Crippen LogP contribution in [0, 0.1) is 17.7 Å². The lowest BCUT2D eigenvalue weighted by molar-refractivity contribution is -0.126. The van der Waals surface area contributed by atoms with Gasteiger partial charge in [0.2, 0.25) is 5.91 Å². The number of ether oxygens (including phenoxy) is 1. The summed E-state index contributed by atoms with van der Waals surface area (Å²) in [5.74, 6) is -0.170. The molecule has 5 rings (SSSR count). The third-order valence-electron chi connectivity index (χ3n) is 6.69. The number of piperidine rings is 1. The number of hydrogen-bond donors (Lipinski definition) is 3. The molecule has 164 valence electrons. The average Bonchev–Trinajstić information content (AvgIpc) is 3.25. The molecule has 1 aromatic carbocycles. The molecule has 0 radical (unpaired) electrons. The van der Waals surface area contributed by atoms with Crippen molar-refractivity contribution in [2.24, 2.45) is 11.8 Å². The summed E-state index contributed by atoms with van der Waals surface area (Å²) < 4.78 is 18.8. The summed E-state index contributed by atoms with van der Waals surface area (Å²) in [4.78, 5) is 24.9. The van der Waals surface area contributed by atoms with Crippen LogP contribution >= 0.6 is 11.6 Å². The first kappa shape index (κ1) is 21.4. The molecule has 3 aliphatic carbocycles. The van der Waals surface area contributed by atoms with Gasteiger partial charge in [-0.1, -0.05) is 18.0 Å². The highest BCUT2D eigenvalue weighted by molar-refractivity contribution is 6.30. The first-order chi connectivity index (χ1) is 14.4. The topological polar surface area (TPSA) is 79.5 Å². The van der Waals surface area contributed by atoms with Gasteiger partial charge >= 0.3 is 0 Å². The highest BCUT2D eigenvalue weighted by Gasteiger charge is 2.58. The van der Waals surface area contributed by atoms with Gasteiger partial charge in [-0.25, -0.2) is 4.39 Å². The van der Waals surface area contributed by atoms with E-state index in [1.165, 1.54) is 31.4 Å². The molecule has 30 heavy (non-hydrogen) atoms. The number of amides is 2. The second-order valence-corrected chi connectivity index (χ2v) is 9.31. The fourth-order valence-electron chi connectivity index (χ4n) is 5.16. The largest absolute Gasteiger partial charge is 0.484 e. The molecule has 1 heterocycles. The highest BCUT2D eigenvalue weighted by Crippen LogP contribution is 2.55. The zero-order valence-corrected chi connectivity index (χ0v) is 17.8. The van der Waals surface area contributed by atoms with Crippen molar-refractivity contribution in [3.8, 4) is 5.75 Å². The monoisotopic (exact) mass is 437 g/mol. The standard InChI is InChI=1S/C22H29ClFN3O3/c23-18-5-4-16(9-19(18)24)30-13-20(28)27-22-10-14(11-22)17(12-22)21(29)26-8-6-15-3-1-2-7-25-15/h4-5,9,14-15,17,25H,1-3,6-8,10-13H2,(H,26,29)(H,27,28)/t14?,15?,17-,22?/m0/s1. The van der Waals surface area contributed by atoms with Crippen LogP contribution in [0.5, 0.6) is 5.75 Å². The van der Waals surface area contributed by atoms with Crippen LogP contribution in [0.2, 0.25) is 5.02 Å². The first-order valence-corrected chi connectivity index (χ1v) is 11.2. The molecular formula is C22H29ClFN3O3. The van der Waals surface area contributed by atoms with E-state index in [1.54, 1.807) is 0 Å². The van der Waals surface area contributed by atoms with Gasteiger partial charge in [-0.3, -0.25) is 9.59 Å². The highest BCUT2D eigenvalue weighted by atomic mass is 35.5. The van der Waals surface area contributed by atoms with Gasteiger partial charge in [0.1, 0.15) is 11.6 Å². The zero-order chi connectivity index (χ0) is 21.1. The molecule has 6 nitrogen and oxygen atoms in total. The molecule has 0 spiro atoms. The van der Waals surface area contributed by atoms with Crippen molar-refractivity contribution >= 4 is 23.4 Å². The smallest absolute Gasteiger partial charge is 0.258 e. The minimum Gasteiger partial charge on any atom is -0.484 e. The van der Waals surface area contributed by atoms with Crippen LogP contribution in [0.1, 0.15) is 44.9 Å². The van der Waals surface area contributed by atoms with E-state index in [-0.39, 0.29) is 40.7 Å². The number of rotatable bonds is 8. The minimum atomic E-state index is -0.584. The van der Waals surface area contributed by atoms with Crippen LogP contribution in [0.15, 0.2) is 18.2 Å². The normalized spacial score (nSPS) is 29.7. The Morgan fingerprint density at radius 3 is 2.83 bits per heavy atom. The first-order valence-electron chi connectivity index (χ1n) is 10.8. The Kier molecular flexibility index (Phi) is 6.48. The fourth-order valence-corrected chi connectivity index (χ4v) is 5.28. The Labute approximate surface area is 181 Å². The summed E-state index contributed by atoms with van der Waals surface area (Å²) in [6.45, 7) is 1.57. The lowest BCUT2D eigenvalue weighted by Gasteiger charge is -2.39. The van der Waals surface area contributed by atoms with Gasteiger partial charge in [-0.15, -0.1) is 0 Å². The number of carbonyl (C=O) groups excluding carboxylic acids is 2. The summed E-state index contributed by atoms with van der Waals surface area (Å²) in [6.07, 6.45) is 6.98. The second kappa shape index (κ2) is 9.10. The lowest BCUT2D eigenvalue weighted by atomic mass is 9.76. The van der Waals surface area contributed by atoms with Crippen molar-refractivity contribution in [1.82, 2.24) is 16.0 Å². The average molecular weight is 438 g/mol. The van der Waals surface area contributed by atoms with Gasteiger partial charge in [0.15, 0.2) is 6.61 Å². The van der Waals surface area contributed by atoms with Gasteiger partial charge in [-0.05, 0) is 63.1 Å². The molecule has 1 aliphatic heterocycles. The fraction of sp³-hybridized carbons (Fsp3) is 0.636. The maximum Gasteiger partial charge on any atom is 0.258 e. The maximum atomic E-state index is 13.5. The molecule has 3 saturated carbocycles. The van der Waals surface area contributed by atoms with Crippen molar-refractivity contribution in [1.29, 1.82) is 0 Å². The summed E-state index contributed by atoms with van der Waals surface area (Å²) in [5, 5.41) is 9.64. The molecule has 2 bridgehead atoms. The molecule has 1 aromatic rings. The van der Waals surface area contributed by atoms with Crippen LogP contribution in [-0.4, -0.2) is 43.1 Å². The van der Waals surface area contributed by atoms with Gasteiger partial charge in [-0.2, -0.15) is 0 Å². The molecule has 1 saturated heterocycles. The number of halogens is 2. The predicted molar refractivity (Wildman–Crippen MR) is 112 cm³/mol. The van der Waals surface area contributed by atoms with Crippen molar-refractivity contribution in [3.63, 3.8) is 0 Å². The molecule has 3 N–H and O–H groups in total. The van der Waals surface area contributed by atoms with E-state index in [2.05, 4.69) is 16.0 Å². The molecule has 2 atom stereocenters. The Bertz CT molecular complexity index is 794. The van der Waals surface area contributed by atoms with E-state index in [1.807, 2.05) is 0 Å². The number of carbonyl (C=O) groups is 2. The number of hydrogen-bond acceptors (Lipinski definition) is 4. The number of nitrogens with one attached hydrogen (secondary N) is 3. The Hall–Kier alpha value is -1.86. The van der Waals surface area contributed by atoms with Gasteiger partial charge < -0.3 is 20.7 Å². The van der Waals surface area contributed by atoms with E-state index in [0.29, 0.717) is 24.9 Å². The molecule has 0 aromatic heterocycles. The Morgan fingerprint density at radius 2 is 2.10 bits per heavy atom. The van der Waals surface area contributed by atoms with Crippen LogP contribution in [-0.2, 0) is 9.59 Å². The van der Waals surface area contributed by atoms with Crippen LogP contribution in [0.25, 0.3) is 0 Å². The molecule has 8 heteroatoms. The maximum absolute atomic E-state index is 13.5. The van der Waals surface area contributed by atoms with E-state index >= 15 is 0 Å². The van der Waals surface area contributed by atoms with Gasteiger partial charge in [0.05, 0.1) is 5.02 Å². The number of fused-ring (bicyclic) bond motifs is 1. The van der Waals surface area contributed by atoms with Crippen LogP contribution in [0.4, 0.5) is 4.39 Å². The molecule has 1 unspecified atom stereocenters. The van der Waals surface area contributed by atoms with Crippen molar-refractivity contribution < 1.29 is 18.7 Å². The van der Waals surface area contributed by atoms with Crippen LogP contribution in [0.3, 0.4) is 0 Å². The van der Waals surface area contributed by atoms with E-state index in [0.717, 1.165) is 31.9 Å². The minimum absolute atomic E-state index is 0.0106. The molecule has 4 fully saturated rings. The van der Waals surface area contributed by atoms with E-state index in [4.69, 9.17) is 16.3 Å². The third-order valence-corrected chi connectivity index (χ3v) is 7.00. The Balaban J connectivity index is 1.18. The summed E-state index contributed by atoms with van der Waals surface area (Å²) >= 11 is 5.65.